The van der Waals surface area contributed by atoms with Crippen molar-refractivity contribution in [2.24, 2.45) is 0 Å². The van der Waals surface area contributed by atoms with Gasteiger partial charge in [-0.1, -0.05) is 18.2 Å². The topological polar surface area (TPSA) is 107 Å². The number of benzene rings is 1. The van der Waals surface area contributed by atoms with Crippen molar-refractivity contribution in [3.8, 4) is 11.8 Å². The van der Waals surface area contributed by atoms with E-state index in [2.05, 4.69) is 15.3 Å². The predicted molar refractivity (Wildman–Crippen MR) is 127 cm³/mol. The maximum absolute atomic E-state index is 13.5. The predicted octanol–water partition coefficient (Wildman–Crippen LogP) is 3.99. The molecule has 4 heterocycles. The first-order chi connectivity index (χ1) is 17.3. The first kappa shape index (κ1) is 23.3. The van der Waals surface area contributed by atoms with E-state index in [1.54, 1.807) is 42.5 Å². The van der Waals surface area contributed by atoms with Gasteiger partial charge >= 0.3 is 6.18 Å². The summed E-state index contributed by atoms with van der Waals surface area (Å²) in [6.45, 7) is 1.03. The van der Waals surface area contributed by atoms with E-state index in [9.17, 15) is 28.3 Å². The van der Waals surface area contributed by atoms with Gasteiger partial charge in [0.2, 0.25) is 0 Å². The standard InChI is InChI=1S/C25H19F3N6O2/c26-25(27,28)20-7-6-18-22(31-15-8-10-30-21(12-15)33-11-9-17(35)14-33)19(13-29)24(36)34(23(18)32-20)16-4-2-1-3-5-16/h1-8,10,12,17,35H,9,11,14H2,(H,30,31)/t17-/m1/s1. The van der Waals surface area contributed by atoms with Gasteiger partial charge in [0.1, 0.15) is 28.8 Å². The van der Waals surface area contributed by atoms with E-state index in [1.165, 1.54) is 12.3 Å². The number of anilines is 3. The van der Waals surface area contributed by atoms with Gasteiger partial charge in [0.25, 0.3) is 5.56 Å². The van der Waals surface area contributed by atoms with Crippen LogP contribution in [0.4, 0.5) is 30.4 Å². The molecule has 1 aromatic carbocycles. The van der Waals surface area contributed by atoms with Crippen LogP contribution in [0.3, 0.4) is 0 Å². The van der Waals surface area contributed by atoms with Crippen LogP contribution in [-0.2, 0) is 6.18 Å². The maximum Gasteiger partial charge on any atom is 0.433 e. The Kier molecular flexibility index (Phi) is 5.81. The van der Waals surface area contributed by atoms with E-state index in [0.29, 0.717) is 31.0 Å². The number of hydrogen-bond acceptors (Lipinski definition) is 7. The number of β-amino-alcohol motifs (C(OH)–C–C–N with tert-alkyl or cyclic N) is 1. The van der Waals surface area contributed by atoms with E-state index < -0.39 is 23.5 Å². The van der Waals surface area contributed by atoms with Crippen molar-refractivity contribution in [3.63, 3.8) is 0 Å². The highest BCUT2D eigenvalue weighted by atomic mass is 19.4. The van der Waals surface area contributed by atoms with Crippen LogP contribution >= 0.6 is 0 Å². The van der Waals surface area contributed by atoms with E-state index in [4.69, 9.17) is 0 Å². The lowest BCUT2D eigenvalue weighted by atomic mass is 10.1. The van der Waals surface area contributed by atoms with Crippen LogP contribution in [0.5, 0.6) is 0 Å². The summed E-state index contributed by atoms with van der Waals surface area (Å²) in [5, 5.41) is 22.9. The summed E-state index contributed by atoms with van der Waals surface area (Å²) < 4.78 is 41.6. The molecular weight excluding hydrogens is 473 g/mol. The molecule has 2 N–H and O–H groups in total. The van der Waals surface area contributed by atoms with Crippen molar-refractivity contribution in [3.05, 3.63) is 82.4 Å². The summed E-state index contributed by atoms with van der Waals surface area (Å²) in [5.41, 5.74) is -1.68. The molecule has 5 rings (SSSR count). The van der Waals surface area contributed by atoms with Crippen molar-refractivity contribution < 1.29 is 18.3 Å². The Morgan fingerprint density at radius 3 is 2.58 bits per heavy atom. The van der Waals surface area contributed by atoms with Gasteiger partial charge in [-0.25, -0.2) is 9.97 Å². The summed E-state index contributed by atoms with van der Waals surface area (Å²) in [5.74, 6) is 0.578. The van der Waals surface area contributed by atoms with Crippen LogP contribution in [0, 0.1) is 11.3 Å². The Morgan fingerprint density at radius 1 is 1.14 bits per heavy atom. The molecule has 1 aliphatic rings. The van der Waals surface area contributed by atoms with Crippen LogP contribution in [0.25, 0.3) is 16.7 Å². The maximum atomic E-state index is 13.5. The average Bonchev–Trinajstić information content (AvgIpc) is 3.30. The van der Waals surface area contributed by atoms with E-state index in [0.717, 1.165) is 10.6 Å². The Labute approximate surface area is 202 Å². The average molecular weight is 492 g/mol. The SMILES string of the molecule is N#Cc1c(Nc2ccnc(N3CC[C@@H](O)C3)c2)c2ccc(C(F)(F)F)nc2n(-c2ccccc2)c1=O. The van der Waals surface area contributed by atoms with E-state index >= 15 is 0 Å². The number of aromatic nitrogens is 3. The molecular formula is C25H19F3N6O2. The summed E-state index contributed by atoms with van der Waals surface area (Å²) in [6.07, 6.45) is -3.06. The van der Waals surface area contributed by atoms with E-state index in [-0.39, 0.29) is 28.0 Å². The molecule has 1 saturated heterocycles. The van der Waals surface area contributed by atoms with Crippen molar-refractivity contribution in [1.82, 2.24) is 14.5 Å². The highest BCUT2D eigenvalue weighted by Gasteiger charge is 2.33. The lowest BCUT2D eigenvalue weighted by Gasteiger charge is -2.19. The molecule has 1 atom stereocenters. The van der Waals surface area contributed by atoms with Crippen LogP contribution in [-0.4, -0.2) is 38.8 Å². The van der Waals surface area contributed by atoms with Gasteiger partial charge in [-0.2, -0.15) is 18.4 Å². The fraction of sp³-hybridized carbons (Fsp3) is 0.200. The minimum atomic E-state index is -4.73. The second-order valence-electron chi connectivity index (χ2n) is 8.32. The quantitative estimate of drug-likeness (QED) is 0.444. The number of rotatable bonds is 4. The highest BCUT2D eigenvalue weighted by molar-refractivity contribution is 5.95. The minimum absolute atomic E-state index is 0.0458. The molecule has 0 bridgehead atoms. The van der Waals surface area contributed by atoms with Gasteiger partial charge in [0.15, 0.2) is 0 Å². The molecule has 0 spiro atoms. The third kappa shape index (κ3) is 4.23. The van der Waals surface area contributed by atoms with Gasteiger partial charge in [0, 0.05) is 36.4 Å². The van der Waals surface area contributed by atoms with E-state index in [1.807, 2.05) is 11.0 Å². The third-order valence-corrected chi connectivity index (χ3v) is 5.94. The van der Waals surface area contributed by atoms with Gasteiger partial charge in [0.05, 0.1) is 17.5 Å². The number of para-hydroxylation sites is 1. The molecule has 36 heavy (non-hydrogen) atoms. The van der Waals surface area contributed by atoms with Crippen molar-refractivity contribution in [1.29, 1.82) is 5.26 Å². The molecule has 0 aliphatic carbocycles. The fourth-order valence-corrected chi connectivity index (χ4v) is 4.23. The molecule has 11 heteroatoms. The van der Waals surface area contributed by atoms with Crippen molar-refractivity contribution >= 4 is 28.2 Å². The number of hydrogen-bond donors (Lipinski definition) is 2. The monoisotopic (exact) mass is 492 g/mol. The molecule has 0 amide bonds. The van der Waals surface area contributed by atoms with Crippen molar-refractivity contribution in [2.75, 3.05) is 23.3 Å². The first-order valence-corrected chi connectivity index (χ1v) is 11.0. The number of nitriles is 1. The molecule has 1 aliphatic heterocycles. The smallest absolute Gasteiger partial charge is 0.391 e. The zero-order chi connectivity index (χ0) is 25.4. The van der Waals surface area contributed by atoms with Crippen LogP contribution in [0.1, 0.15) is 17.7 Å². The van der Waals surface area contributed by atoms with Gasteiger partial charge in [-0.15, -0.1) is 0 Å². The number of nitrogens with one attached hydrogen (secondary N) is 1. The zero-order valence-electron chi connectivity index (χ0n) is 18.7. The molecule has 1 fully saturated rings. The third-order valence-electron chi connectivity index (χ3n) is 5.94. The summed E-state index contributed by atoms with van der Waals surface area (Å²) in [4.78, 5) is 23.4. The molecule has 8 nitrogen and oxygen atoms in total. The molecule has 3 aromatic heterocycles. The second-order valence-corrected chi connectivity index (χ2v) is 8.32. The summed E-state index contributed by atoms with van der Waals surface area (Å²) in [7, 11) is 0. The number of pyridine rings is 3. The normalized spacial score (nSPS) is 15.8. The number of aliphatic hydroxyl groups excluding tert-OH is 1. The lowest BCUT2D eigenvalue weighted by Crippen LogP contribution is -2.25. The Morgan fingerprint density at radius 2 is 1.92 bits per heavy atom. The lowest BCUT2D eigenvalue weighted by molar-refractivity contribution is -0.141. The zero-order valence-corrected chi connectivity index (χ0v) is 18.7. The Bertz CT molecular complexity index is 1550. The Balaban J connectivity index is 1.71. The molecule has 0 radical (unpaired) electrons. The largest absolute Gasteiger partial charge is 0.433 e. The van der Waals surface area contributed by atoms with Gasteiger partial charge < -0.3 is 15.3 Å². The minimum Gasteiger partial charge on any atom is -0.391 e. The first-order valence-electron chi connectivity index (χ1n) is 11.0. The molecule has 0 saturated carbocycles. The number of fused-ring (bicyclic) bond motifs is 1. The summed E-state index contributed by atoms with van der Waals surface area (Å²) >= 11 is 0. The van der Waals surface area contributed by atoms with Crippen LogP contribution < -0.4 is 15.8 Å². The number of alkyl halides is 3. The number of aliphatic hydroxyl groups is 1. The highest BCUT2D eigenvalue weighted by Crippen LogP contribution is 2.34. The molecule has 182 valence electrons. The molecule has 0 unspecified atom stereocenters. The van der Waals surface area contributed by atoms with Crippen LogP contribution in [0.15, 0.2) is 65.6 Å². The van der Waals surface area contributed by atoms with Gasteiger partial charge in [-0.3, -0.25) is 9.36 Å². The Hall–Kier alpha value is -4.43. The van der Waals surface area contributed by atoms with Crippen molar-refractivity contribution in [2.45, 2.75) is 18.7 Å². The summed E-state index contributed by atoms with van der Waals surface area (Å²) in [6, 6.07) is 15.3. The second kappa shape index (κ2) is 8.98. The number of nitrogens with zero attached hydrogens (tertiary/aromatic N) is 5. The number of halogens is 3. The van der Waals surface area contributed by atoms with Gasteiger partial charge in [-0.05, 0) is 36.8 Å². The van der Waals surface area contributed by atoms with Crippen LogP contribution in [0.2, 0.25) is 0 Å². The fourth-order valence-electron chi connectivity index (χ4n) is 4.23. The molecule has 4 aromatic rings.